The van der Waals surface area contributed by atoms with Crippen LogP contribution < -0.4 is 0 Å². The summed E-state index contributed by atoms with van der Waals surface area (Å²) in [6, 6.07) is 9.99. The zero-order valence-corrected chi connectivity index (χ0v) is 8.34. The number of nitrogens with zero attached hydrogens (tertiary/aromatic N) is 2. The first-order valence-corrected chi connectivity index (χ1v) is 4.81. The van der Waals surface area contributed by atoms with E-state index in [-0.39, 0.29) is 0 Å². The van der Waals surface area contributed by atoms with Crippen molar-refractivity contribution >= 4 is 11.0 Å². The monoisotopic (exact) mass is 198 g/mol. The lowest BCUT2D eigenvalue weighted by molar-refractivity contribution is 0.616. The van der Waals surface area contributed by atoms with Gasteiger partial charge in [-0.2, -0.15) is 5.10 Å². The minimum absolute atomic E-state index is 0.911. The maximum absolute atomic E-state index is 5.49. The maximum Gasteiger partial charge on any atom is 0.134 e. The molecule has 15 heavy (non-hydrogen) atoms. The predicted octanol–water partition coefficient (Wildman–Crippen LogP) is 2.83. The van der Waals surface area contributed by atoms with Crippen LogP contribution in [0.4, 0.5) is 0 Å². The van der Waals surface area contributed by atoms with Gasteiger partial charge in [0, 0.05) is 24.2 Å². The fourth-order valence-electron chi connectivity index (χ4n) is 1.81. The SMILES string of the molecule is Cn1nccc1-c1coc2ccccc12. The highest BCUT2D eigenvalue weighted by atomic mass is 16.3. The number of fused-ring (bicyclic) bond motifs is 1. The molecule has 0 spiro atoms. The van der Waals surface area contributed by atoms with Gasteiger partial charge in [-0.3, -0.25) is 4.68 Å². The quantitative estimate of drug-likeness (QED) is 0.602. The van der Waals surface area contributed by atoms with Gasteiger partial charge in [0.25, 0.3) is 0 Å². The highest BCUT2D eigenvalue weighted by Crippen LogP contribution is 2.29. The largest absolute Gasteiger partial charge is 0.464 e. The molecule has 0 radical (unpaired) electrons. The van der Waals surface area contributed by atoms with Gasteiger partial charge >= 0.3 is 0 Å². The van der Waals surface area contributed by atoms with E-state index in [4.69, 9.17) is 4.42 Å². The molecular formula is C12H10N2O. The standard InChI is InChI=1S/C12H10N2O/c1-14-11(6-7-13-14)10-8-15-12-5-3-2-4-9(10)12/h2-8H,1H3. The van der Waals surface area contributed by atoms with Gasteiger partial charge in [0.15, 0.2) is 0 Å². The van der Waals surface area contributed by atoms with Gasteiger partial charge in [0.1, 0.15) is 11.8 Å². The second-order valence-electron chi connectivity index (χ2n) is 3.49. The van der Waals surface area contributed by atoms with E-state index in [1.54, 1.807) is 12.5 Å². The number of rotatable bonds is 1. The molecule has 3 nitrogen and oxygen atoms in total. The van der Waals surface area contributed by atoms with Crippen LogP contribution in [0.1, 0.15) is 0 Å². The molecule has 0 fully saturated rings. The summed E-state index contributed by atoms with van der Waals surface area (Å²) in [6.45, 7) is 0. The first-order chi connectivity index (χ1) is 7.36. The number of benzene rings is 1. The van der Waals surface area contributed by atoms with Gasteiger partial charge in [-0.25, -0.2) is 0 Å². The van der Waals surface area contributed by atoms with Gasteiger partial charge in [-0.15, -0.1) is 0 Å². The molecule has 0 aliphatic heterocycles. The zero-order chi connectivity index (χ0) is 10.3. The molecule has 0 aliphatic carbocycles. The second kappa shape index (κ2) is 2.98. The Balaban J connectivity index is 2.32. The Hall–Kier alpha value is -2.03. The zero-order valence-electron chi connectivity index (χ0n) is 8.34. The van der Waals surface area contributed by atoms with Crippen molar-refractivity contribution in [1.29, 1.82) is 0 Å². The van der Waals surface area contributed by atoms with E-state index >= 15 is 0 Å². The third kappa shape index (κ3) is 1.16. The Morgan fingerprint density at radius 1 is 1.20 bits per heavy atom. The van der Waals surface area contributed by atoms with Crippen molar-refractivity contribution in [3.63, 3.8) is 0 Å². The van der Waals surface area contributed by atoms with Crippen molar-refractivity contribution in [2.24, 2.45) is 7.05 Å². The molecule has 3 heteroatoms. The molecular weight excluding hydrogens is 188 g/mol. The minimum Gasteiger partial charge on any atom is -0.464 e. The van der Waals surface area contributed by atoms with E-state index in [0.717, 1.165) is 22.2 Å². The van der Waals surface area contributed by atoms with Crippen LogP contribution in [0.15, 0.2) is 47.2 Å². The van der Waals surface area contributed by atoms with Crippen molar-refractivity contribution in [2.75, 3.05) is 0 Å². The number of aryl methyl sites for hydroxylation is 1. The molecule has 0 bridgehead atoms. The highest BCUT2D eigenvalue weighted by Gasteiger charge is 2.09. The molecule has 0 saturated carbocycles. The van der Waals surface area contributed by atoms with Crippen LogP contribution >= 0.6 is 0 Å². The molecule has 0 saturated heterocycles. The number of aromatic nitrogens is 2. The Morgan fingerprint density at radius 3 is 2.87 bits per heavy atom. The van der Waals surface area contributed by atoms with Crippen molar-refractivity contribution in [3.05, 3.63) is 42.8 Å². The lowest BCUT2D eigenvalue weighted by atomic mass is 10.1. The van der Waals surface area contributed by atoms with E-state index in [9.17, 15) is 0 Å². The Kier molecular flexibility index (Phi) is 1.65. The molecule has 3 aromatic rings. The van der Waals surface area contributed by atoms with Crippen LogP contribution in [-0.4, -0.2) is 9.78 Å². The van der Waals surface area contributed by atoms with Gasteiger partial charge < -0.3 is 4.42 Å². The van der Waals surface area contributed by atoms with Crippen LogP contribution in [0, 0.1) is 0 Å². The van der Waals surface area contributed by atoms with E-state index < -0.39 is 0 Å². The van der Waals surface area contributed by atoms with E-state index in [1.165, 1.54) is 0 Å². The van der Waals surface area contributed by atoms with E-state index in [1.807, 2.05) is 36.0 Å². The second-order valence-corrected chi connectivity index (χ2v) is 3.49. The molecule has 0 amide bonds. The summed E-state index contributed by atoms with van der Waals surface area (Å²) in [6.07, 6.45) is 3.57. The summed E-state index contributed by atoms with van der Waals surface area (Å²) in [7, 11) is 1.93. The highest BCUT2D eigenvalue weighted by molar-refractivity contribution is 5.92. The van der Waals surface area contributed by atoms with Crippen molar-refractivity contribution in [1.82, 2.24) is 9.78 Å². The molecule has 1 aromatic carbocycles. The number of hydrogen-bond acceptors (Lipinski definition) is 2. The fraction of sp³-hybridized carbons (Fsp3) is 0.0833. The number of furan rings is 1. The Labute approximate surface area is 86.9 Å². The van der Waals surface area contributed by atoms with Gasteiger partial charge in [0.05, 0.1) is 5.69 Å². The summed E-state index contributed by atoms with van der Waals surface area (Å²) in [4.78, 5) is 0. The average Bonchev–Trinajstić information content (AvgIpc) is 2.83. The predicted molar refractivity (Wildman–Crippen MR) is 58.4 cm³/mol. The van der Waals surface area contributed by atoms with Gasteiger partial charge in [0.2, 0.25) is 0 Å². The third-order valence-electron chi connectivity index (χ3n) is 2.58. The number of para-hydroxylation sites is 1. The maximum atomic E-state index is 5.49. The first kappa shape index (κ1) is 8.29. The molecule has 74 valence electrons. The molecule has 0 unspecified atom stereocenters. The summed E-state index contributed by atoms with van der Waals surface area (Å²) < 4.78 is 7.33. The summed E-state index contributed by atoms with van der Waals surface area (Å²) in [5.74, 6) is 0. The van der Waals surface area contributed by atoms with E-state index in [0.29, 0.717) is 0 Å². The normalized spacial score (nSPS) is 11.0. The lowest BCUT2D eigenvalue weighted by Crippen LogP contribution is -1.92. The fourth-order valence-corrected chi connectivity index (χ4v) is 1.81. The van der Waals surface area contributed by atoms with Crippen LogP contribution in [0.3, 0.4) is 0 Å². The van der Waals surface area contributed by atoms with Crippen LogP contribution in [0.2, 0.25) is 0 Å². The summed E-state index contributed by atoms with van der Waals surface area (Å²) >= 11 is 0. The lowest BCUT2D eigenvalue weighted by Gasteiger charge is -1.97. The molecule has 2 aromatic heterocycles. The Morgan fingerprint density at radius 2 is 2.07 bits per heavy atom. The van der Waals surface area contributed by atoms with E-state index in [2.05, 4.69) is 11.2 Å². The third-order valence-corrected chi connectivity index (χ3v) is 2.58. The number of hydrogen-bond donors (Lipinski definition) is 0. The first-order valence-electron chi connectivity index (χ1n) is 4.81. The van der Waals surface area contributed by atoms with Crippen molar-refractivity contribution in [3.8, 4) is 11.3 Å². The van der Waals surface area contributed by atoms with Crippen LogP contribution in [0.25, 0.3) is 22.2 Å². The molecule has 0 aliphatic rings. The molecule has 0 N–H and O–H groups in total. The smallest absolute Gasteiger partial charge is 0.134 e. The molecule has 0 atom stereocenters. The van der Waals surface area contributed by atoms with Crippen molar-refractivity contribution in [2.45, 2.75) is 0 Å². The Bertz CT molecular complexity index is 607. The van der Waals surface area contributed by atoms with Crippen LogP contribution in [0.5, 0.6) is 0 Å². The summed E-state index contributed by atoms with van der Waals surface area (Å²) in [5.41, 5.74) is 3.07. The van der Waals surface area contributed by atoms with Gasteiger partial charge in [-0.1, -0.05) is 18.2 Å². The van der Waals surface area contributed by atoms with Crippen molar-refractivity contribution < 1.29 is 4.42 Å². The molecule has 2 heterocycles. The van der Waals surface area contributed by atoms with Gasteiger partial charge in [-0.05, 0) is 12.1 Å². The molecule has 3 rings (SSSR count). The summed E-state index contributed by atoms with van der Waals surface area (Å²) in [5, 5.41) is 5.28. The minimum atomic E-state index is 0.911. The average molecular weight is 198 g/mol. The van der Waals surface area contributed by atoms with Crippen LogP contribution in [-0.2, 0) is 7.05 Å². The topological polar surface area (TPSA) is 31.0 Å².